The van der Waals surface area contributed by atoms with Gasteiger partial charge in [-0.25, -0.2) is 4.79 Å². The van der Waals surface area contributed by atoms with E-state index in [-0.39, 0.29) is 0 Å². The first kappa shape index (κ1) is 10.5. The summed E-state index contributed by atoms with van der Waals surface area (Å²) in [6.45, 7) is 0. The lowest BCUT2D eigenvalue weighted by Crippen LogP contribution is -1.86. The van der Waals surface area contributed by atoms with Gasteiger partial charge in [-0.1, -0.05) is 37.9 Å². The molecule has 0 bridgehead atoms. The summed E-state index contributed by atoms with van der Waals surface area (Å²) in [6, 6.07) is 5.54. The van der Waals surface area contributed by atoms with Gasteiger partial charge in [-0.15, -0.1) is 0 Å². The van der Waals surface area contributed by atoms with Crippen molar-refractivity contribution in [2.24, 2.45) is 0 Å². The van der Waals surface area contributed by atoms with Gasteiger partial charge in [0, 0.05) is 15.0 Å². The van der Waals surface area contributed by atoms with Gasteiger partial charge in [-0.3, -0.25) is 0 Å². The molecule has 1 aromatic carbocycles. The van der Waals surface area contributed by atoms with Gasteiger partial charge in [-0.2, -0.15) is 0 Å². The first-order chi connectivity index (χ1) is 6.09. The molecule has 13 heavy (non-hydrogen) atoms. The second-order valence-corrected chi connectivity index (χ2v) is 4.11. The third-order valence-electron chi connectivity index (χ3n) is 1.37. The van der Waals surface area contributed by atoms with E-state index in [1.165, 1.54) is 0 Å². The average molecular weight is 306 g/mol. The van der Waals surface area contributed by atoms with Crippen LogP contribution in [0.1, 0.15) is 5.56 Å². The van der Waals surface area contributed by atoms with Crippen molar-refractivity contribution in [2.75, 3.05) is 0 Å². The molecule has 0 saturated carbocycles. The molecule has 0 aliphatic rings. The topological polar surface area (TPSA) is 37.3 Å². The fourth-order valence-corrected chi connectivity index (χ4v) is 1.98. The Morgan fingerprint density at radius 1 is 1.38 bits per heavy atom. The van der Waals surface area contributed by atoms with Crippen molar-refractivity contribution < 1.29 is 9.90 Å². The maximum atomic E-state index is 10.2. The highest BCUT2D eigenvalue weighted by Crippen LogP contribution is 2.22. The number of carbonyl (C=O) groups is 1. The second-order valence-electron chi connectivity index (χ2n) is 2.34. The minimum atomic E-state index is -0.949. The van der Waals surface area contributed by atoms with Crippen LogP contribution in [-0.2, 0) is 4.79 Å². The van der Waals surface area contributed by atoms with Crippen LogP contribution in [0.15, 0.2) is 33.2 Å². The van der Waals surface area contributed by atoms with E-state index in [1.54, 1.807) is 6.08 Å². The van der Waals surface area contributed by atoms with Crippen LogP contribution < -0.4 is 0 Å². The number of benzene rings is 1. The van der Waals surface area contributed by atoms with Crippen LogP contribution in [0, 0.1) is 0 Å². The lowest BCUT2D eigenvalue weighted by molar-refractivity contribution is -0.131. The Bertz CT molecular complexity index is 359. The van der Waals surface area contributed by atoms with Crippen LogP contribution in [0.25, 0.3) is 6.08 Å². The number of carboxylic acids is 1. The number of rotatable bonds is 2. The fraction of sp³-hybridized carbons (Fsp3) is 0. The zero-order valence-corrected chi connectivity index (χ0v) is 9.67. The zero-order chi connectivity index (χ0) is 9.84. The summed E-state index contributed by atoms with van der Waals surface area (Å²) in [6.07, 6.45) is 2.65. The van der Waals surface area contributed by atoms with Crippen LogP contribution in [-0.4, -0.2) is 11.1 Å². The smallest absolute Gasteiger partial charge is 0.328 e. The summed E-state index contributed by atoms with van der Waals surface area (Å²) in [7, 11) is 0. The molecule has 4 heteroatoms. The molecule has 0 atom stereocenters. The Hall–Kier alpha value is -0.610. The third kappa shape index (κ3) is 3.32. The van der Waals surface area contributed by atoms with Crippen molar-refractivity contribution in [1.29, 1.82) is 0 Å². The molecule has 1 N–H and O–H groups in total. The van der Waals surface area contributed by atoms with Gasteiger partial charge < -0.3 is 5.11 Å². The van der Waals surface area contributed by atoms with Crippen LogP contribution in [0.2, 0.25) is 0 Å². The molecule has 0 aliphatic carbocycles. The summed E-state index contributed by atoms with van der Waals surface area (Å²) < 4.78 is 1.81. The molecule has 0 amide bonds. The summed E-state index contributed by atoms with van der Waals surface area (Å²) in [5, 5.41) is 8.41. The Balaban J connectivity index is 2.96. The van der Waals surface area contributed by atoms with Gasteiger partial charge in [0.15, 0.2) is 0 Å². The lowest BCUT2D eigenvalue weighted by atomic mass is 10.2. The minimum Gasteiger partial charge on any atom is -0.478 e. The normalized spacial score (nSPS) is 10.6. The van der Waals surface area contributed by atoms with Crippen molar-refractivity contribution in [1.82, 2.24) is 0 Å². The standard InChI is InChI=1S/C9H6Br2O2/c10-7-3-1-6(8(11)5-7)2-4-9(12)13/h1-5H,(H,12,13). The van der Waals surface area contributed by atoms with E-state index in [9.17, 15) is 4.79 Å². The fourth-order valence-electron chi connectivity index (χ4n) is 0.798. The number of aliphatic carboxylic acids is 1. The quantitative estimate of drug-likeness (QED) is 0.851. The van der Waals surface area contributed by atoms with Crippen molar-refractivity contribution >= 4 is 43.9 Å². The molecule has 0 saturated heterocycles. The average Bonchev–Trinajstić information content (AvgIpc) is 2.02. The second kappa shape index (κ2) is 4.58. The molecule has 0 aromatic heterocycles. The van der Waals surface area contributed by atoms with E-state index in [0.29, 0.717) is 0 Å². The zero-order valence-electron chi connectivity index (χ0n) is 6.50. The van der Waals surface area contributed by atoms with Gasteiger partial charge in [0.1, 0.15) is 0 Å². The molecule has 0 unspecified atom stereocenters. The maximum absolute atomic E-state index is 10.2. The number of halogens is 2. The molecule has 1 rings (SSSR count). The molecule has 1 aromatic rings. The van der Waals surface area contributed by atoms with Crippen molar-refractivity contribution in [3.05, 3.63) is 38.8 Å². The van der Waals surface area contributed by atoms with Crippen LogP contribution in [0.4, 0.5) is 0 Å². The van der Waals surface area contributed by atoms with Gasteiger partial charge in [0.05, 0.1) is 0 Å². The highest BCUT2D eigenvalue weighted by atomic mass is 79.9. The molecule has 0 spiro atoms. The summed E-state index contributed by atoms with van der Waals surface area (Å²) in [5.41, 5.74) is 0.839. The van der Waals surface area contributed by atoms with Gasteiger partial charge in [-0.05, 0) is 23.8 Å². The maximum Gasteiger partial charge on any atom is 0.328 e. The first-order valence-electron chi connectivity index (χ1n) is 3.45. The van der Waals surface area contributed by atoms with Crippen LogP contribution >= 0.6 is 31.9 Å². The molecule has 2 nitrogen and oxygen atoms in total. The Labute approximate surface area is 92.5 Å². The van der Waals surface area contributed by atoms with E-state index >= 15 is 0 Å². The number of hydrogen-bond donors (Lipinski definition) is 1. The highest BCUT2D eigenvalue weighted by molar-refractivity contribution is 9.11. The molecule has 0 radical (unpaired) electrons. The van der Waals surface area contributed by atoms with Crippen molar-refractivity contribution in [3.8, 4) is 0 Å². The molecule has 0 fully saturated rings. The van der Waals surface area contributed by atoms with Crippen molar-refractivity contribution in [3.63, 3.8) is 0 Å². The van der Waals surface area contributed by atoms with E-state index in [4.69, 9.17) is 5.11 Å². The van der Waals surface area contributed by atoms with E-state index < -0.39 is 5.97 Å². The Morgan fingerprint density at radius 3 is 2.62 bits per heavy atom. The molecular weight excluding hydrogens is 300 g/mol. The molecular formula is C9H6Br2O2. The van der Waals surface area contributed by atoms with Crippen LogP contribution in [0.3, 0.4) is 0 Å². The Morgan fingerprint density at radius 2 is 2.08 bits per heavy atom. The monoisotopic (exact) mass is 304 g/mol. The Kier molecular flexibility index (Phi) is 3.69. The largest absolute Gasteiger partial charge is 0.478 e. The van der Waals surface area contributed by atoms with Gasteiger partial charge >= 0.3 is 5.97 Å². The summed E-state index contributed by atoms with van der Waals surface area (Å²) in [4.78, 5) is 10.2. The van der Waals surface area contributed by atoms with Gasteiger partial charge in [0.2, 0.25) is 0 Å². The number of carboxylic acid groups (broad SMARTS) is 1. The van der Waals surface area contributed by atoms with E-state index in [2.05, 4.69) is 31.9 Å². The molecule has 0 aliphatic heterocycles. The molecule has 68 valence electrons. The predicted octanol–water partition coefficient (Wildman–Crippen LogP) is 3.31. The SMILES string of the molecule is O=C(O)C=Cc1ccc(Br)cc1Br. The summed E-state index contributed by atoms with van der Waals surface area (Å²) >= 11 is 6.63. The minimum absolute atomic E-state index is 0.839. The summed E-state index contributed by atoms with van der Waals surface area (Å²) in [5.74, 6) is -0.949. The van der Waals surface area contributed by atoms with E-state index in [0.717, 1.165) is 20.6 Å². The lowest BCUT2D eigenvalue weighted by Gasteiger charge is -1.97. The van der Waals surface area contributed by atoms with Crippen molar-refractivity contribution in [2.45, 2.75) is 0 Å². The molecule has 0 heterocycles. The van der Waals surface area contributed by atoms with Gasteiger partial charge in [0.25, 0.3) is 0 Å². The first-order valence-corrected chi connectivity index (χ1v) is 5.04. The highest BCUT2D eigenvalue weighted by Gasteiger charge is 1.96. The van der Waals surface area contributed by atoms with Crippen LogP contribution in [0.5, 0.6) is 0 Å². The number of hydrogen-bond acceptors (Lipinski definition) is 1. The third-order valence-corrected chi connectivity index (χ3v) is 2.55. The van der Waals surface area contributed by atoms with E-state index in [1.807, 2.05) is 18.2 Å². The predicted molar refractivity (Wildman–Crippen MR) is 58.5 cm³/mol.